The molecule has 7 nitrogen and oxygen atoms in total. The number of guanidine groups is 1. The van der Waals surface area contributed by atoms with Crippen LogP contribution in [0.3, 0.4) is 0 Å². The number of aromatic nitrogens is 2. The van der Waals surface area contributed by atoms with Crippen LogP contribution in [0.15, 0.2) is 35.3 Å². The van der Waals surface area contributed by atoms with Gasteiger partial charge < -0.3 is 20.1 Å². The Morgan fingerprint density at radius 1 is 1.11 bits per heavy atom. The summed E-state index contributed by atoms with van der Waals surface area (Å²) in [5, 5.41) is 11.1. The standard InChI is InChI=1S/C20H31N5O2.HI/c1-16-14-17(2)25(24-16)12-6-10-22-20(21-3)23-11-7-13-27-19-9-5-8-18(15-19)26-4;/h5,8-9,14-15H,6-7,10-13H2,1-4H3,(H2,21,22,23);1H. The first-order valence-corrected chi connectivity index (χ1v) is 9.35. The van der Waals surface area contributed by atoms with Crippen LogP contribution in [0.4, 0.5) is 0 Å². The Hall–Kier alpha value is -1.97. The lowest BCUT2D eigenvalue weighted by Crippen LogP contribution is -2.38. The highest BCUT2D eigenvalue weighted by atomic mass is 127. The molecule has 2 N–H and O–H groups in total. The zero-order valence-electron chi connectivity index (χ0n) is 17.2. The van der Waals surface area contributed by atoms with Gasteiger partial charge in [-0.1, -0.05) is 6.07 Å². The van der Waals surface area contributed by atoms with Crippen molar-refractivity contribution in [3.05, 3.63) is 41.7 Å². The lowest BCUT2D eigenvalue weighted by molar-refractivity contribution is 0.308. The average molecular weight is 501 g/mol. The van der Waals surface area contributed by atoms with E-state index in [-0.39, 0.29) is 24.0 Å². The molecule has 0 bridgehead atoms. The minimum atomic E-state index is 0. The van der Waals surface area contributed by atoms with Crippen LogP contribution in [0.1, 0.15) is 24.2 Å². The van der Waals surface area contributed by atoms with Gasteiger partial charge in [0.15, 0.2) is 5.96 Å². The molecule has 0 unspecified atom stereocenters. The topological polar surface area (TPSA) is 72.7 Å². The Kier molecular flexibility index (Phi) is 11.4. The molecule has 0 saturated carbocycles. The van der Waals surface area contributed by atoms with E-state index in [1.54, 1.807) is 14.2 Å². The summed E-state index contributed by atoms with van der Waals surface area (Å²) in [4.78, 5) is 4.25. The highest BCUT2D eigenvalue weighted by Crippen LogP contribution is 2.18. The van der Waals surface area contributed by atoms with Crippen molar-refractivity contribution in [1.82, 2.24) is 20.4 Å². The van der Waals surface area contributed by atoms with Gasteiger partial charge in [-0.25, -0.2) is 0 Å². The molecule has 28 heavy (non-hydrogen) atoms. The average Bonchev–Trinajstić information content (AvgIpc) is 3.00. The Labute approximate surface area is 184 Å². The fourth-order valence-electron chi connectivity index (χ4n) is 2.72. The molecule has 0 radical (unpaired) electrons. The molecule has 0 fully saturated rings. The van der Waals surface area contributed by atoms with Gasteiger partial charge in [0.25, 0.3) is 0 Å². The van der Waals surface area contributed by atoms with Crippen LogP contribution in [0, 0.1) is 13.8 Å². The second-order valence-corrected chi connectivity index (χ2v) is 6.31. The summed E-state index contributed by atoms with van der Waals surface area (Å²) in [5.74, 6) is 2.43. The molecular weight excluding hydrogens is 469 g/mol. The predicted octanol–water partition coefficient (Wildman–Crippen LogP) is 3.15. The van der Waals surface area contributed by atoms with E-state index >= 15 is 0 Å². The molecule has 8 heteroatoms. The van der Waals surface area contributed by atoms with Gasteiger partial charge in [-0.05, 0) is 44.9 Å². The molecule has 0 atom stereocenters. The van der Waals surface area contributed by atoms with Crippen LogP contribution in [-0.2, 0) is 6.54 Å². The third kappa shape index (κ3) is 8.37. The van der Waals surface area contributed by atoms with E-state index in [2.05, 4.69) is 33.7 Å². The second kappa shape index (κ2) is 13.2. The molecule has 1 aromatic heterocycles. The number of ether oxygens (including phenoxy) is 2. The summed E-state index contributed by atoms with van der Waals surface area (Å²) in [6, 6.07) is 9.74. The fraction of sp³-hybridized carbons (Fsp3) is 0.500. The van der Waals surface area contributed by atoms with Gasteiger partial charge in [0.05, 0.1) is 19.4 Å². The number of nitrogens with zero attached hydrogens (tertiary/aromatic N) is 3. The lowest BCUT2D eigenvalue weighted by atomic mass is 10.3. The highest BCUT2D eigenvalue weighted by Gasteiger charge is 2.02. The largest absolute Gasteiger partial charge is 0.497 e. The Morgan fingerprint density at radius 2 is 1.82 bits per heavy atom. The number of halogens is 1. The smallest absolute Gasteiger partial charge is 0.190 e. The van der Waals surface area contributed by atoms with Gasteiger partial charge in [0, 0.05) is 38.4 Å². The summed E-state index contributed by atoms with van der Waals surface area (Å²) in [6.07, 6.45) is 1.87. The van der Waals surface area contributed by atoms with Gasteiger partial charge >= 0.3 is 0 Å². The van der Waals surface area contributed by atoms with Crippen molar-refractivity contribution in [1.29, 1.82) is 0 Å². The van der Waals surface area contributed by atoms with E-state index in [1.807, 2.05) is 35.9 Å². The maximum atomic E-state index is 5.73. The van der Waals surface area contributed by atoms with E-state index in [0.717, 1.165) is 55.6 Å². The van der Waals surface area contributed by atoms with Gasteiger partial charge in [0.2, 0.25) is 0 Å². The van der Waals surface area contributed by atoms with Crippen LogP contribution in [-0.4, -0.2) is 49.6 Å². The fourth-order valence-corrected chi connectivity index (χ4v) is 2.72. The molecule has 0 aliphatic heterocycles. The third-order valence-corrected chi connectivity index (χ3v) is 4.09. The molecule has 156 valence electrons. The van der Waals surface area contributed by atoms with Crippen LogP contribution in [0.5, 0.6) is 11.5 Å². The molecule has 0 spiro atoms. The van der Waals surface area contributed by atoms with E-state index < -0.39 is 0 Å². The Balaban J connectivity index is 0.00000392. The van der Waals surface area contributed by atoms with Crippen molar-refractivity contribution in [2.75, 3.05) is 33.9 Å². The molecule has 0 aliphatic rings. The minimum Gasteiger partial charge on any atom is -0.497 e. The number of hydrogen-bond donors (Lipinski definition) is 2. The minimum absolute atomic E-state index is 0. The first kappa shape index (κ1) is 24.1. The Morgan fingerprint density at radius 3 is 2.46 bits per heavy atom. The van der Waals surface area contributed by atoms with Crippen LogP contribution >= 0.6 is 24.0 Å². The first-order valence-electron chi connectivity index (χ1n) is 9.35. The normalized spacial score (nSPS) is 10.9. The zero-order chi connectivity index (χ0) is 19.5. The van der Waals surface area contributed by atoms with Gasteiger partial charge in [-0.3, -0.25) is 9.67 Å². The quantitative estimate of drug-likeness (QED) is 0.227. The van der Waals surface area contributed by atoms with Gasteiger partial charge in [0.1, 0.15) is 11.5 Å². The molecule has 0 aliphatic carbocycles. The lowest BCUT2D eigenvalue weighted by Gasteiger charge is -2.12. The number of hydrogen-bond acceptors (Lipinski definition) is 4. The van der Waals surface area contributed by atoms with E-state index in [1.165, 1.54) is 5.69 Å². The maximum Gasteiger partial charge on any atom is 0.190 e. The van der Waals surface area contributed by atoms with E-state index in [4.69, 9.17) is 9.47 Å². The summed E-state index contributed by atoms with van der Waals surface area (Å²) in [7, 11) is 3.43. The van der Waals surface area contributed by atoms with Crippen molar-refractivity contribution < 1.29 is 9.47 Å². The third-order valence-electron chi connectivity index (χ3n) is 4.09. The number of nitrogens with one attached hydrogen (secondary N) is 2. The van der Waals surface area contributed by atoms with Crippen LogP contribution in [0.2, 0.25) is 0 Å². The second-order valence-electron chi connectivity index (χ2n) is 6.31. The monoisotopic (exact) mass is 501 g/mol. The van der Waals surface area contributed by atoms with Crippen LogP contribution in [0.25, 0.3) is 0 Å². The van der Waals surface area contributed by atoms with Crippen molar-refractivity contribution in [3.8, 4) is 11.5 Å². The number of aliphatic imine (C=N–C) groups is 1. The van der Waals surface area contributed by atoms with Crippen molar-refractivity contribution >= 4 is 29.9 Å². The number of benzene rings is 1. The molecule has 0 amide bonds. The predicted molar refractivity (Wildman–Crippen MR) is 124 cm³/mol. The molecule has 0 saturated heterocycles. The molecule has 2 aromatic rings. The summed E-state index contributed by atoms with van der Waals surface area (Å²) >= 11 is 0. The summed E-state index contributed by atoms with van der Waals surface area (Å²) < 4.78 is 13.0. The first-order chi connectivity index (χ1) is 13.1. The van der Waals surface area contributed by atoms with Gasteiger partial charge in [-0.15, -0.1) is 24.0 Å². The molecular formula is C20H32IN5O2. The van der Waals surface area contributed by atoms with E-state index in [9.17, 15) is 0 Å². The van der Waals surface area contributed by atoms with Crippen molar-refractivity contribution in [3.63, 3.8) is 0 Å². The van der Waals surface area contributed by atoms with E-state index in [0.29, 0.717) is 6.61 Å². The van der Waals surface area contributed by atoms with Crippen molar-refractivity contribution in [2.45, 2.75) is 33.2 Å². The SMILES string of the molecule is CN=C(NCCCOc1cccc(OC)c1)NCCCn1nc(C)cc1C.I. The molecule has 2 rings (SSSR count). The van der Waals surface area contributed by atoms with Crippen molar-refractivity contribution in [2.24, 2.45) is 4.99 Å². The molecule has 1 heterocycles. The summed E-state index contributed by atoms with van der Waals surface area (Å²) in [5.41, 5.74) is 2.26. The number of aryl methyl sites for hydroxylation is 3. The maximum absolute atomic E-state index is 5.73. The number of rotatable bonds is 10. The summed E-state index contributed by atoms with van der Waals surface area (Å²) in [6.45, 7) is 7.28. The highest BCUT2D eigenvalue weighted by molar-refractivity contribution is 14.0. The molecule has 1 aromatic carbocycles. The van der Waals surface area contributed by atoms with Gasteiger partial charge in [-0.2, -0.15) is 5.10 Å². The Bertz CT molecular complexity index is 733. The van der Waals surface area contributed by atoms with Crippen LogP contribution < -0.4 is 20.1 Å². The number of methoxy groups -OCH3 is 1. The zero-order valence-corrected chi connectivity index (χ0v) is 19.5.